The molecule has 0 spiro atoms. The summed E-state index contributed by atoms with van der Waals surface area (Å²) in [6, 6.07) is 4.93. The van der Waals surface area contributed by atoms with Gasteiger partial charge in [0.25, 0.3) is 0 Å². The molecule has 56 heavy (non-hydrogen) atoms. The third-order valence-corrected chi connectivity index (χ3v) is 11.0. The van der Waals surface area contributed by atoms with Gasteiger partial charge in [0.1, 0.15) is 28.2 Å². The summed E-state index contributed by atoms with van der Waals surface area (Å²) >= 11 is 6.02. The smallest absolute Gasteiger partial charge is 0.534 e. The number of piperidine rings is 1. The Morgan fingerprint density at radius 2 is 1.64 bits per heavy atom. The zero-order chi connectivity index (χ0) is 40.6. The molecule has 0 aromatic heterocycles. The van der Waals surface area contributed by atoms with Gasteiger partial charge in [0.2, 0.25) is 5.91 Å². The third kappa shape index (κ3) is 8.17. The minimum Gasteiger partial charge on any atom is -0.534 e. The number of nitrogens with one attached hydrogen (secondary N) is 3. The fourth-order valence-corrected chi connectivity index (χ4v) is 7.44. The maximum atomic E-state index is 14.2. The Balaban J connectivity index is 1.12. The van der Waals surface area contributed by atoms with Crippen LogP contribution in [-0.2, 0) is 15.8 Å². The number of imide groups is 1. The lowest BCUT2D eigenvalue weighted by atomic mass is 9.72. The van der Waals surface area contributed by atoms with Crippen molar-refractivity contribution in [2.75, 3.05) is 31.5 Å². The number of nitrogens with zero attached hydrogens (tertiary/aromatic N) is 3. The molecule has 3 heterocycles. The molecule has 0 bridgehead atoms. The molecule has 2 saturated heterocycles. The number of anilines is 1. The first kappa shape index (κ1) is 40.1. The van der Waals surface area contributed by atoms with Crippen LogP contribution in [0.4, 0.5) is 24.5 Å². The topological polar surface area (TPSA) is 279 Å². The molecule has 0 radical (unpaired) electrons. The number of benzene rings is 3. The molecule has 296 valence electrons. The van der Waals surface area contributed by atoms with E-state index >= 15 is 0 Å². The molecule has 2 fully saturated rings. The van der Waals surface area contributed by atoms with E-state index in [1.807, 2.05) is 0 Å². The molecule has 9 N–H and O–H groups in total. The molecule has 6 rings (SSSR count). The summed E-state index contributed by atoms with van der Waals surface area (Å²) in [5.41, 5.74) is -0.537. The van der Waals surface area contributed by atoms with Crippen LogP contribution in [0.3, 0.4) is 0 Å². The fourth-order valence-electron chi connectivity index (χ4n) is 6.70. The summed E-state index contributed by atoms with van der Waals surface area (Å²) in [4.78, 5) is 88.5. The Kier molecular flexibility index (Phi) is 11.4. The molecule has 0 unspecified atom stereocenters. The number of amides is 7. The molecule has 0 aliphatic carbocycles. The van der Waals surface area contributed by atoms with Crippen molar-refractivity contribution < 1.29 is 67.7 Å². The van der Waals surface area contributed by atoms with Crippen LogP contribution in [0.15, 0.2) is 48.5 Å². The van der Waals surface area contributed by atoms with Crippen molar-refractivity contribution >= 4 is 67.3 Å². The second-order valence-corrected chi connectivity index (χ2v) is 15.1. The van der Waals surface area contributed by atoms with Crippen LogP contribution in [-0.4, -0.2) is 120 Å². The van der Waals surface area contributed by atoms with Crippen LogP contribution >= 0.6 is 19.2 Å². The highest BCUT2D eigenvalue weighted by Crippen LogP contribution is 2.39. The number of hydrogen-bond donors (Lipinski definition) is 9. The predicted octanol–water partition coefficient (Wildman–Crippen LogP) is 1.72. The Bertz CT molecular complexity index is 2140. The summed E-state index contributed by atoms with van der Waals surface area (Å²) in [6.07, 6.45) is 0.472. The minimum absolute atomic E-state index is 0.0351. The third-order valence-electron chi connectivity index (χ3n) is 9.66. The Morgan fingerprint density at radius 3 is 2.29 bits per heavy atom. The van der Waals surface area contributed by atoms with Gasteiger partial charge in [-0.3, -0.25) is 9.36 Å². The van der Waals surface area contributed by atoms with E-state index < -0.39 is 85.3 Å². The van der Waals surface area contributed by atoms with Crippen molar-refractivity contribution in [3.8, 4) is 17.2 Å². The van der Waals surface area contributed by atoms with Crippen molar-refractivity contribution in [2.24, 2.45) is 0 Å². The molecule has 23 heteroatoms. The van der Waals surface area contributed by atoms with Gasteiger partial charge in [-0.25, -0.2) is 28.5 Å². The molecule has 19 nitrogen and oxygen atoms in total. The van der Waals surface area contributed by atoms with E-state index in [1.165, 1.54) is 40.1 Å². The molecular formula is C33H34BClFN6O13P. The van der Waals surface area contributed by atoms with E-state index in [0.717, 1.165) is 23.1 Å². The lowest BCUT2D eigenvalue weighted by Crippen LogP contribution is -2.56. The van der Waals surface area contributed by atoms with E-state index in [4.69, 9.17) is 16.3 Å². The molecule has 3 aliphatic rings. The van der Waals surface area contributed by atoms with Crippen molar-refractivity contribution in [1.29, 1.82) is 0 Å². The Hall–Kier alpha value is -5.60. The average molecular weight is 819 g/mol. The van der Waals surface area contributed by atoms with E-state index in [1.54, 1.807) is 0 Å². The van der Waals surface area contributed by atoms with Crippen LogP contribution in [0.1, 0.15) is 40.4 Å². The number of phenolic OH excluding ortho intramolecular Hbond substituents is 2. The highest BCUT2D eigenvalue weighted by molar-refractivity contribution is 7.60. The van der Waals surface area contributed by atoms with Gasteiger partial charge in [0.15, 0.2) is 11.5 Å². The van der Waals surface area contributed by atoms with Gasteiger partial charge in [-0.05, 0) is 60.7 Å². The summed E-state index contributed by atoms with van der Waals surface area (Å²) < 4.78 is 31.3. The summed E-state index contributed by atoms with van der Waals surface area (Å²) in [7, 11) is -6.55. The number of aromatic carboxylic acids is 1. The maximum absolute atomic E-state index is 14.2. The number of carbonyl (C=O) groups is 5. The van der Waals surface area contributed by atoms with Crippen LogP contribution in [0.2, 0.25) is 5.02 Å². The van der Waals surface area contributed by atoms with Crippen LogP contribution < -0.4 is 25.9 Å². The highest BCUT2D eigenvalue weighted by Gasteiger charge is 2.42. The lowest BCUT2D eigenvalue weighted by Gasteiger charge is -2.36. The number of likely N-dealkylation sites (tertiary alicyclic amines) is 1. The number of halogens is 2. The van der Waals surface area contributed by atoms with Crippen molar-refractivity contribution in [3.05, 3.63) is 76.1 Å². The van der Waals surface area contributed by atoms with Crippen LogP contribution in [0.25, 0.3) is 0 Å². The van der Waals surface area contributed by atoms with E-state index in [9.17, 15) is 63.1 Å². The largest absolute Gasteiger partial charge is 0.547 e. The van der Waals surface area contributed by atoms with E-state index in [0.29, 0.717) is 12.8 Å². The molecular weight excluding hydrogens is 785 g/mol. The number of phenols is 2. The van der Waals surface area contributed by atoms with Crippen molar-refractivity contribution in [3.63, 3.8) is 0 Å². The second-order valence-electron chi connectivity index (χ2n) is 13.1. The molecule has 0 saturated carbocycles. The quantitative estimate of drug-likeness (QED) is 0.0679. The number of carbonyl (C=O) groups excluding carboxylic acids is 4. The molecule has 3 aromatic rings. The van der Waals surface area contributed by atoms with Gasteiger partial charge in [-0.15, -0.1) is 0 Å². The molecule has 3 aliphatic heterocycles. The standard InChI is InChI=1S/C33H34BClFN6O13P/c35-25-21(7-8-22(43)27(25)44)37-31(48)40-11-9-18(10-12-40)41-13-14-42(33(41)50)32(49)39-26(16-1-4-19(5-2-16)56(52,53)54)29(45)38-23-15-17-3-6-20(36)24(30(46)47)28(17)55-34(23)51/h1-8,18,23,26,43-44,51H,9-15H2,(H,37,48)(H,38,45)(H,39,49)(H,46,47)(H2,52,53,54)/t23-,26+/m0/s1. The van der Waals surface area contributed by atoms with Crippen LogP contribution in [0.5, 0.6) is 17.2 Å². The number of carboxylic acids is 1. The highest BCUT2D eigenvalue weighted by atomic mass is 35.5. The van der Waals surface area contributed by atoms with Gasteiger partial charge in [0.05, 0.1) is 16.9 Å². The Labute approximate surface area is 321 Å². The summed E-state index contributed by atoms with van der Waals surface area (Å²) in [5.74, 6) is -6.39. The first-order valence-corrected chi connectivity index (χ1v) is 18.9. The zero-order valence-corrected chi connectivity index (χ0v) is 30.6. The average Bonchev–Trinajstić information content (AvgIpc) is 3.54. The maximum Gasteiger partial charge on any atom is 0.547 e. The predicted molar refractivity (Wildman–Crippen MR) is 194 cm³/mol. The van der Waals surface area contributed by atoms with E-state index in [-0.39, 0.29) is 65.8 Å². The zero-order valence-electron chi connectivity index (χ0n) is 29.0. The monoisotopic (exact) mass is 818 g/mol. The number of rotatable bonds is 8. The number of carboxylic acid groups (broad SMARTS) is 1. The van der Waals surface area contributed by atoms with E-state index in [2.05, 4.69) is 16.0 Å². The molecule has 7 amide bonds. The first-order valence-electron chi connectivity index (χ1n) is 17.0. The van der Waals surface area contributed by atoms with Crippen molar-refractivity contribution in [2.45, 2.75) is 37.3 Å². The first-order chi connectivity index (χ1) is 26.4. The van der Waals surface area contributed by atoms with Crippen molar-refractivity contribution in [1.82, 2.24) is 25.3 Å². The van der Waals surface area contributed by atoms with Gasteiger partial charge in [0, 0.05) is 32.2 Å². The second kappa shape index (κ2) is 15.9. The van der Waals surface area contributed by atoms with Gasteiger partial charge >= 0.3 is 38.8 Å². The normalized spacial score (nSPS) is 17.9. The summed E-state index contributed by atoms with van der Waals surface area (Å²) in [5, 5.41) is 46.5. The van der Waals surface area contributed by atoms with Gasteiger partial charge in [-0.1, -0.05) is 29.8 Å². The Morgan fingerprint density at radius 1 is 0.964 bits per heavy atom. The summed E-state index contributed by atoms with van der Waals surface area (Å²) in [6.45, 7) is 0.487. The number of fused-ring (bicyclic) bond motifs is 1. The number of urea groups is 3. The fraction of sp³-hybridized carbons (Fsp3) is 0.303. The van der Waals surface area contributed by atoms with Crippen LogP contribution in [0, 0.1) is 5.82 Å². The lowest BCUT2D eigenvalue weighted by molar-refractivity contribution is -0.123. The minimum atomic E-state index is -4.69. The van der Waals surface area contributed by atoms with Gasteiger partial charge < -0.3 is 60.5 Å². The molecule has 3 aromatic carbocycles. The van der Waals surface area contributed by atoms with Gasteiger partial charge in [-0.2, -0.15) is 0 Å². The molecule has 2 atom stereocenters. The number of hydrogen-bond acceptors (Lipinski definition) is 10. The SMILES string of the molecule is O=C(O)c1c(F)ccc2c1OB(O)[C@@H](NC(=O)[C@H](NC(=O)N1CCN(C3CCN(C(=O)Nc4ccc(O)c(O)c4Cl)CC3)C1=O)c1ccc(P(=O)(O)O)cc1)C2. The number of aromatic hydroxyl groups is 2.